The predicted molar refractivity (Wildman–Crippen MR) is 75.4 cm³/mol. The fourth-order valence-corrected chi connectivity index (χ4v) is 3.10. The number of hydrogen-bond acceptors (Lipinski definition) is 3. The van der Waals surface area contributed by atoms with Gasteiger partial charge in [-0.25, -0.2) is 0 Å². The Balaban J connectivity index is 0.00000144. The number of halogens is 1. The first-order valence-electron chi connectivity index (χ1n) is 6.14. The van der Waals surface area contributed by atoms with Gasteiger partial charge < -0.3 is 0 Å². The summed E-state index contributed by atoms with van der Waals surface area (Å²) >= 11 is 1.57. The highest BCUT2D eigenvalue weighted by atomic mass is 35.5. The second-order valence-electron chi connectivity index (χ2n) is 4.39. The maximum Gasteiger partial charge on any atom is 0.189 e. The van der Waals surface area contributed by atoms with Gasteiger partial charge in [-0.2, -0.15) is 0 Å². The molecule has 1 aliphatic heterocycles. The Hall–Kier alpha value is -0.380. The largest absolute Gasteiger partial charge is 0.293 e. The summed E-state index contributed by atoms with van der Waals surface area (Å²) in [4.78, 5) is 15.6. The van der Waals surface area contributed by atoms with E-state index >= 15 is 0 Å². The summed E-state index contributed by atoms with van der Waals surface area (Å²) < 4.78 is 0. The van der Waals surface area contributed by atoms with Crippen molar-refractivity contribution in [1.29, 1.82) is 0 Å². The van der Waals surface area contributed by atoms with Crippen LogP contribution >= 0.6 is 23.7 Å². The molecule has 0 spiro atoms. The average Bonchev–Trinajstić information content (AvgIpc) is 2.96. The van der Waals surface area contributed by atoms with E-state index in [0.29, 0.717) is 5.78 Å². The highest BCUT2D eigenvalue weighted by molar-refractivity contribution is 7.12. The SMILES string of the molecule is CCCC(C(=O)c1cccs1)N1CCCC1.Cl. The molecule has 2 rings (SSSR count). The minimum atomic E-state index is 0. The van der Waals surface area contributed by atoms with Crippen molar-refractivity contribution in [3.63, 3.8) is 0 Å². The zero-order valence-corrected chi connectivity index (χ0v) is 11.9. The summed E-state index contributed by atoms with van der Waals surface area (Å²) in [5.74, 6) is 0.332. The molecular formula is C13H20ClNOS. The van der Waals surface area contributed by atoms with Crippen LogP contribution in [-0.4, -0.2) is 29.8 Å². The lowest BCUT2D eigenvalue weighted by Gasteiger charge is -2.25. The number of thiophene rings is 1. The zero-order chi connectivity index (χ0) is 11.4. The molecule has 1 aliphatic rings. The lowest BCUT2D eigenvalue weighted by molar-refractivity contribution is 0.0841. The molecule has 1 atom stereocenters. The molecule has 96 valence electrons. The molecule has 1 aromatic rings. The number of carbonyl (C=O) groups excluding carboxylic acids is 1. The molecule has 0 radical (unpaired) electrons. The van der Waals surface area contributed by atoms with Gasteiger partial charge in [0.15, 0.2) is 5.78 Å². The molecule has 1 fully saturated rings. The van der Waals surface area contributed by atoms with Crippen LogP contribution in [0.5, 0.6) is 0 Å². The number of ketones is 1. The van der Waals surface area contributed by atoms with Crippen LogP contribution in [0, 0.1) is 0 Å². The lowest BCUT2D eigenvalue weighted by atomic mass is 10.0. The first-order chi connectivity index (χ1) is 7.83. The molecule has 1 unspecified atom stereocenters. The maximum absolute atomic E-state index is 12.4. The molecule has 1 aromatic heterocycles. The monoisotopic (exact) mass is 273 g/mol. The fourth-order valence-electron chi connectivity index (χ4n) is 2.39. The smallest absolute Gasteiger partial charge is 0.189 e. The Labute approximate surface area is 113 Å². The number of hydrogen-bond donors (Lipinski definition) is 0. The van der Waals surface area contributed by atoms with Gasteiger partial charge in [-0.15, -0.1) is 23.7 Å². The van der Waals surface area contributed by atoms with Crippen molar-refractivity contribution in [3.8, 4) is 0 Å². The van der Waals surface area contributed by atoms with Crippen molar-refractivity contribution in [1.82, 2.24) is 4.90 Å². The Morgan fingerprint density at radius 2 is 2.18 bits per heavy atom. The number of nitrogens with zero attached hydrogens (tertiary/aromatic N) is 1. The maximum atomic E-state index is 12.4. The van der Waals surface area contributed by atoms with Gasteiger partial charge in [0.2, 0.25) is 0 Å². The van der Waals surface area contributed by atoms with Crippen molar-refractivity contribution < 1.29 is 4.79 Å². The Morgan fingerprint density at radius 1 is 1.47 bits per heavy atom. The lowest BCUT2D eigenvalue weighted by Crippen LogP contribution is -2.38. The first kappa shape index (κ1) is 14.7. The Bertz CT molecular complexity index is 333. The summed E-state index contributed by atoms with van der Waals surface area (Å²) in [7, 11) is 0. The highest BCUT2D eigenvalue weighted by Gasteiger charge is 2.28. The summed E-state index contributed by atoms with van der Waals surface area (Å²) in [5.41, 5.74) is 0. The molecule has 0 aromatic carbocycles. The number of carbonyl (C=O) groups is 1. The summed E-state index contributed by atoms with van der Waals surface area (Å²) in [6, 6.07) is 4.04. The van der Waals surface area contributed by atoms with Gasteiger partial charge in [0, 0.05) is 0 Å². The number of likely N-dealkylation sites (tertiary alicyclic amines) is 1. The molecule has 17 heavy (non-hydrogen) atoms. The van der Waals surface area contributed by atoms with E-state index in [1.54, 1.807) is 11.3 Å². The quantitative estimate of drug-likeness (QED) is 0.764. The molecule has 0 bridgehead atoms. The predicted octanol–water partition coefficient (Wildman–Crippen LogP) is 3.62. The summed E-state index contributed by atoms with van der Waals surface area (Å²) in [5, 5.41) is 1.99. The topological polar surface area (TPSA) is 20.3 Å². The van der Waals surface area contributed by atoms with Crippen LogP contribution in [-0.2, 0) is 0 Å². The van der Waals surface area contributed by atoms with E-state index in [0.717, 1.165) is 30.8 Å². The fraction of sp³-hybridized carbons (Fsp3) is 0.615. The van der Waals surface area contributed by atoms with E-state index in [1.807, 2.05) is 17.5 Å². The molecule has 4 heteroatoms. The molecule has 1 saturated heterocycles. The van der Waals surface area contributed by atoms with Crippen molar-refractivity contribution in [2.24, 2.45) is 0 Å². The summed E-state index contributed by atoms with van der Waals surface area (Å²) in [6.45, 7) is 4.36. The molecule has 2 nitrogen and oxygen atoms in total. The van der Waals surface area contributed by atoms with Crippen LogP contribution in [0.3, 0.4) is 0 Å². The van der Waals surface area contributed by atoms with Gasteiger partial charge in [0.05, 0.1) is 10.9 Å². The third kappa shape index (κ3) is 3.54. The van der Waals surface area contributed by atoms with Gasteiger partial charge in [-0.3, -0.25) is 9.69 Å². The Kier molecular flexibility index (Phi) is 6.17. The van der Waals surface area contributed by atoms with Crippen LogP contribution in [0.25, 0.3) is 0 Å². The van der Waals surface area contributed by atoms with E-state index < -0.39 is 0 Å². The van der Waals surface area contributed by atoms with Crippen LogP contribution in [0.15, 0.2) is 17.5 Å². The number of rotatable bonds is 5. The van der Waals surface area contributed by atoms with E-state index in [9.17, 15) is 4.79 Å². The van der Waals surface area contributed by atoms with Gasteiger partial charge in [0.25, 0.3) is 0 Å². The van der Waals surface area contributed by atoms with Crippen LogP contribution in [0.2, 0.25) is 0 Å². The zero-order valence-electron chi connectivity index (χ0n) is 10.2. The van der Waals surface area contributed by atoms with E-state index in [2.05, 4.69) is 11.8 Å². The third-order valence-electron chi connectivity index (χ3n) is 3.21. The van der Waals surface area contributed by atoms with Gasteiger partial charge >= 0.3 is 0 Å². The Morgan fingerprint density at radius 3 is 2.71 bits per heavy atom. The number of Topliss-reactive ketones (excluding diaryl/α,β-unsaturated/α-hetero) is 1. The van der Waals surface area contributed by atoms with Crippen LogP contribution in [0.4, 0.5) is 0 Å². The van der Waals surface area contributed by atoms with Crippen molar-refractivity contribution in [2.75, 3.05) is 13.1 Å². The average molecular weight is 274 g/mol. The van der Waals surface area contributed by atoms with E-state index in [-0.39, 0.29) is 18.4 Å². The second kappa shape index (κ2) is 7.14. The van der Waals surface area contributed by atoms with Gasteiger partial charge in [0.1, 0.15) is 0 Å². The van der Waals surface area contributed by atoms with Crippen LogP contribution < -0.4 is 0 Å². The van der Waals surface area contributed by atoms with Crippen LogP contribution in [0.1, 0.15) is 42.3 Å². The molecule has 0 amide bonds. The van der Waals surface area contributed by atoms with Crippen molar-refractivity contribution >= 4 is 29.5 Å². The molecular weight excluding hydrogens is 254 g/mol. The molecule has 0 aliphatic carbocycles. The van der Waals surface area contributed by atoms with Gasteiger partial charge in [-0.1, -0.05) is 19.4 Å². The molecule has 0 N–H and O–H groups in total. The minimum absolute atomic E-state index is 0. The van der Waals surface area contributed by atoms with E-state index in [4.69, 9.17) is 0 Å². The van der Waals surface area contributed by atoms with Crippen molar-refractivity contribution in [2.45, 2.75) is 38.6 Å². The first-order valence-corrected chi connectivity index (χ1v) is 7.02. The van der Waals surface area contributed by atoms with Crippen molar-refractivity contribution in [3.05, 3.63) is 22.4 Å². The third-order valence-corrected chi connectivity index (χ3v) is 4.09. The van der Waals surface area contributed by atoms with Gasteiger partial charge in [-0.05, 0) is 43.8 Å². The van der Waals surface area contributed by atoms with E-state index in [1.165, 1.54) is 12.8 Å². The minimum Gasteiger partial charge on any atom is -0.293 e. The normalized spacial score (nSPS) is 17.7. The second-order valence-corrected chi connectivity index (χ2v) is 5.34. The molecule has 0 saturated carbocycles. The molecule has 2 heterocycles. The highest BCUT2D eigenvalue weighted by Crippen LogP contribution is 2.21. The summed E-state index contributed by atoms with van der Waals surface area (Å²) in [6.07, 6.45) is 4.57. The standard InChI is InChI=1S/C13H19NOS.ClH/c1-2-6-11(14-8-3-4-9-14)13(15)12-7-5-10-16-12;/h5,7,10-11H,2-4,6,8-9H2,1H3;1H.